The van der Waals surface area contributed by atoms with Crippen LogP contribution in [0.3, 0.4) is 0 Å². The van der Waals surface area contributed by atoms with Crippen LogP contribution in [-0.2, 0) is 9.59 Å². The van der Waals surface area contributed by atoms with Crippen LogP contribution >= 0.6 is 0 Å². The Hall–Kier alpha value is -2.17. The molecule has 1 aliphatic rings. The molecule has 112 valence electrons. The van der Waals surface area contributed by atoms with Crippen molar-refractivity contribution >= 4 is 17.7 Å². The summed E-state index contributed by atoms with van der Waals surface area (Å²) in [5.74, 6) is -1.10. The van der Waals surface area contributed by atoms with Gasteiger partial charge in [-0.3, -0.25) is 9.59 Å². The quantitative estimate of drug-likeness (QED) is 0.814. The van der Waals surface area contributed by atoms with Crippen LogP contribution in [0.15, 0.2) is 30.3 Å². The van der Waals surface area contributed by atoms with Gasteiger partial charge in [0.15, 0.2) is 5.78 Å². The third-order valence-corrected chi connectivity index (χ3v) is 3.75. The summed E-state index contributed by atoms with van der Waals surface area (Å²) in [7, 11) is 0. The van der Waals surface area contributed by atoms with E-state index in [4.69, 9.17) is 5.11 Å². The Morgan fingerprint density at radius 3 is 2.52 bits per heavy atom. The Bertz CT molecular complexity index is 526. The number of Topliss-reactive ketones (excluding diaryl/α,β-unsaturated/α-hetero) is 1. The van der Waals surface area contributed by atoms with Gasteiger partial charge in [0.05, 0.1) is 0 Å². The van der Waals surface area contributed by atoms with Crippen LogP contribution in [-0.4, -0.2) is 40.3 Å². The van der Waals surface area contributed by atoms with Gasteiger partial charge in [-0.2, -0.15) is 0 Å². The Labute approximate surface area is 123 Å². The smallest absolute Gasteiger partial charge is 0.326 e. The molecule has 1 aromatic carbocycles. The van der Waals surface area contributed by atoms with Gasteiger partial charge in [-0.1, -0.05) is 30.3 Å². The molecule has 21 heavy (non-hydrogen) atoms. The summed E-state index contributed by atoms with van der Waals surface area (Å²) in [5.41, 5.74) is 0.648. The molecule has 0 aromatic heterocycles. The van der Waals surface area contributed by atoms with Gasteiger partial charge >= 0.3 is 5.97 Å². The molecule has 1 saturated heterocycles. The first-order chi connectivity index (χ1) is 10.1. The van der Waals surface area contributed by atoms with E-state index in [-0.39, 0.29) is 18.1 Å². The topological polar surface area (TPSA) is 74.7 Å². The van der Waals surface area contributed by atoms with Crippen molar-refractivity contribution in [3.05, 3.63) is 35.9 Å². The average Bonchev–Trinajstić information content (AvgIpc) is 2.97. The Kier molecular flexibility index (Phi) is 5.09. The predicted octanol–water partition coefficient (Wildman–Crippen LogP) is 2.12. The zero-order chi connectivity index (χ0) is 15.2. The average molecular weight is 289 g/mol. The summed E-state index contributed by atoms with van der Waals surface area (Å²) < 4.78 is 0. The van der Waals surface area contributed by atoms with Crippen molar-refractivity contribution in [2.24, 2.45) is 0 Å². The number of carbonyl (C=O) groups excluding carboxylic acids is 2. The highest BCUT2D eigenvalue weighted by Crippen LogP contribution is 2.19. The van der Waals surface area contributed by atoms with Gasteiger partial charge in [0.1, 0.15) is 6.04 Å². The lowest BCUT2D eigenvalue weighted by molar-refractivity contribution is -0.148. The number of amides is 1. The third-order valence-electron chi connectivity index (χ3n) is 3.75. The van der Waals surface area contributed by atoms with E-state index in [0.29, 0.717) is 31.4 Å². The molecule has 1 aliphatic heterocycles. The van der Waals surface area contributed by atoms with Crippen LogP contribution in [0.1, 0.15) is 42.5 Å². The first-order valence-corrected chi connectivity index (χ1v) is 7.20. The van der Waals surface area contributed by atoms with Gasteiger partial charge < -0.3 is 10.0 Å². The number of aliphatic carboxylic acids is 1. The number of hydrogen-bond donors (Lipinski definition) is 1. The largest absolute Gasteiger partial charge is 0.480 e. The number of nitrogens with zero attached hydrogens (tertiary/aromatic N) is 1. The normalized spacial score (nSPS) is 17.7. The maximum atomic E-state index is 12.0. The van der Waals surface area contributed by atoms with Gasteiger partial charge in [0, 0.05) is 24.9 Å². The lowest BCUT2D eigenvalue weighted by Crippen LogP contribution is -2.40. The molecule has 1 atom stereocenters. The number of likely N-dealkylation sites (tertiary alicyclic amines) is 1. The summed E-state index contributed by atoms with van der Waals surface area (Å²) >= 11 is 0. The molecule has 0 aliphatic carbocycles. The summed E-state index contributed by atoms with van der Waals surface area (Å²) in [6.07, 6.45) is 2.23. The van der Waals surface area contributed by atoms with Gasteiger partial charge in [0.25, 0.3) is 0 Å². The molecule has 1 fully saturated rings. The van der Waals surface area contributed by atoms with Gasteiger partial charge in [-0.05, 0) is 19.3 Å². The molecule has 0 spiro atoms. The van der Waals surface area contributed by atoms with Crippen molar-refractivity contribution in [2.75, 3.05) is 6.54 Å². The SMILES string of the molecule is O=C(CCCC(=O)N1CCC[C@H]1C(=O)O)c1ccccc1. The molecule has 5 nitrogen and oxygen atoms in total. The number of benzene rings is 1. The van der Waals surface area contributed by atoms with E-state index in [0.717, 1.165) is 6.42 Å². The number of carboxylic acid groups (broad SMARTS) is 1. The highest BCUT2D eigenvalue weighted by atomic mass is 16.4. The summed E-state index contributed by atoms with van der Waals surface area (Å²) in [5, 5.41) is 9.05. The van der Waals surface area contributed by atoms with E-state index >= 15 is 0 Å². The number of rotatable bonds is 6. The minimum atomic E-state index is -0.943. The maximum Gasteiger partial charge on any atom is 0.326 e. The number of ketones is 1. The molecule has 1 aromatic rings. The van der Waals surface area contributed by atoms with Crippen molar-refractivity contribution in [3.8, 4) is 0 Å². The van der Waals surface area contributed by atoms with Crippen molar-refractivity contribution in [1.82, 2.24) is 4.90 Å². The van der Waals surface area contributed by atoms with Crippen LogP contribution in [0, 0.1) is 0 Å². The lowest BCUT2D eigenvalue weighted by Gasteiger charge is -2.21. The van der Waals surface area contributed by atoms with Crippen LogP contribution in [0.4, 0.5) is 0 Å². The van der Waals surface area contributed by atoms with Crippen LogP contribution < -0.4 is 0 Å². The fourth-order valence-corrected chi connectivity index (χ4v) is 2.63. The maximum absolute atomic E-state index is 12.0. The lowest BCUT2D eigenvalue weighted by atomic mass is 10.1. The minimum Gasteiger partial charge on any atom is -0.480 e. The molecule has 0 radical (unpaired) electrons. The standard InChI is InChI=1S/C16H19NO4/c18-14(12-6-2-1-3-7-12)9-4-10-15(19)17-11-5-8-13(17)16(20)21/h1-3,6-7,13H,4-5,8-11H2,(H,20,21)/t13-/m0/s1. The second-order valence-electron chi connectivity index (χ2n) is 5.23. The monoisotopic (exact) mass is 289 g/mol. The second-order valence-corrected chi connectivity index (χ2v) is 5.23. The van der Waals surface area contributed by atoms with E-state index in [1.807, 2.05) is 6.07 Å². The second kappa shape index (κ2) is 7.02. The number of carboxylic acids is 1. The van der Waals surface area contributed by atoms with E-state index in [2.05, 4.69) is 0 Å². The Morgan fingerprint density at radius 2 is 1.86 bits per heavy atom. The van der Waals surface area contributed by atoms with Crippen molar-refractivity contribution in [1.29, 1.82) is 0 Å². The van der Waals surface area contributed by atoms with E-state index in [1.54, 1.807) is 24.3 Å². The highest BCUT2D eigenvalue weighted by Gasteiger charge is 2.33. The highest BCUT2D eigenvalue weighted by molar-refractivity contribution is 5.96. The molecular weight excluding hydrogens is 270 g/mol. The Balaban J connectivity index is 1.79. The van der Waals surface area contributed by atoms with Crippen LogP contribution in [0.2, 0.25) is 0 Å². The van der Waals surface area contributed by atoms with Gasteiger partial charge in [0.2, 0.25) is 5.91 Å². The zero-order valence-electron chi connectivity index (χ0n) is 11.8. The first kappa shape index (κ1) is 15.2. The van der Waals surface area contributed by atoms with Gasteiger partial charge in [-0.25, -0.2) is 4.79 Å². The third kappa shape index (κ3) is 3.90. The predicted molar refractivity (Wildman–Crippen MR) is 77.0 cm³/mol. The zero-order valence-corrected chi connectivity index (χ0v) is 11.8. The molecule has 0 unspecified atom stereocenters. The first-order valence-electron chi connectivity index (χ1n) is 7.20. The van der Waals surface area contributed by atoms with E-state index in [1.165, 1.54) is 4.90 Å². The summed E-state index contributed by atoms with van der Waals surface area (Å²) in [6.45, 7) is 0.502. The molecule has 1 heterocycles. The van der Waals surface area contributed by atoms with Crippen LogP contribution in [0.5, 0.6) is 0 Å². The van der Waals surface area contributed by atoms with E-state index < -0.39 is 12.0 Å². The summed E-state index contributed by atoms with van der Waals surface area (Å²) in [6, 6.07) is 8.28. The number of hydrogen-bond acceptors (Lipinski definition) is 3. The molecule has 5 heteroatoms. The molecular formula is C16H19NO4. The fraction of sp³-hybridized carbons (Fsp3) is 0.438. The molecule has 0 bridgehead atoms. The summed E-state index contributed by atoms with van der Waals surface area (Å²) in [4.78, 5) is 36.4. The van der Waals surface area contributed by atoms with E-state index in [9.17, 15) is 14.4 Å². The molecule has 2 rings (SSSR count). The fourth-order valence-electron chi connectivity index (χ4n) is 2.63. The van der Waals surface area contributed by atoms with Crippen LogP contribution in [0.25, 0.3) is 0 Å². The number of carbonyl (C=O) groups is 3. The van der Waals surface area contributed by atoms with Crippen molar-refractivity contribution < 1.29 is 19.5 Å². The molecule has 1 amide bonds. The Morgan fingerprint density at radius 1 is 1.14 bits per heavy atom. The minimum absolute atomic E-state index is 0.0135. The molecule has 1 N–H and O–H groups in total. The molecule has 0 saturated carbocycles. The van der Waals surface area contributed by atoms with Gasteiger partial charge in [-0.15, -0.1) is 0 Å². The van der Waals surface area contributed by atoms with Crippen molar-refractivity contribution in [3.63, 3.8) is 0 Å². The van der Waals surface area contributed by atoms with Crippen molar-refractivity contribution in [2.45, 2.75) is 38.1 Å².